The van der Waals surface area contributed by atoms with E-state index in [1.165, 1.54) is 0 Å². The molecule has 0 aliphatic rings. The Morgan fingerprint density at radius 1 is 1.26 bits per heavy atom. The van der Waals surface area contributed by atoms with Gasteiger partial charge in [0, 0.05) is 0 Å². The van der Waals surface area contributed by atoms with Crippen LogP contribution in [-0.4, -0.2) is 13.4 Å². The van der Waals surface area contributed by atoms with Gasteiger partial charge < -0.3 is 0 Å². The fraction of sp³-hybridized carbons (Fsp3) is 0.250. The smallest absolute Gasteiger partial charge is 0.273 e. The van der Waals surface area contributed by atoms with Crippen molar-refractivity contribution in [2.45, 2.75) is 25.0 Å². The Bertz CT molecular complexity index is 723. The second kappa shape index (κ2) is 5.11. The van der Waals surface area contributed by atoms with Crippen LogP contribution in [0.15, 0.2) is 22.4 Å². The number of sulfonamides is 1. The molecule has 7 heteroatoms. The molecule has 0 saturated carbocycles. The summed E-state index contributed by atoms with van der Waals surface area (Å²) in [4.78, 5) is 3.92. The minimum atomic E-state index is -3.64. The van der Waals surface area contributed by atoms with Gasteiger partial charge in [0.15, 0.2) is 8.68 Å². The molecule has 2 rings (SSSR count). The van der Waals surface area contributed by atoms with Crippen LogP contribution >= 0.6 is 22.9 Å². The maximum atomic E-state index is 12.3. The zero-order valence-electron chi connectivity index (χ0n) is 10.7. The van der Waals surface area contributed by atoms with Gasteiger partial charge in [-0.25, -0.2) is 13.4 Å². The summed E-state index contributed by atoms with van der Waals surface area (Å²) in [5.74, 6) is 0. The van der Waals surface area contributed by atoms with Crippen molar-refractivity contribution < 1.29 is 8.42 Å². The largest absolute Gasteiger partial charge is 0.279 e. The van der Waals surface area contributed by atoms with Gasteiger partial charge in [-0.1, -0.05) is 40.6 Å². The minimum absolute atomic E-state index is 0.150. The van der Waals surface area contributed by atoms with E-state index in [0.29, 0.717) is 11.4 Å². The van der Waals surface area contributed by atoms with E-state index in [4.69, 9.17) is 11.6 Å². The highest BCUT2D eigenvalue weighted by Crippen LogP contribution is 2.29. The maximum Gasteiger partial charge on any atom is 0.273 e. The van der Waals surface area contributed by atoms with Crippen molar-refractivity contribution in [3.05, 3.63) is 39.5 Å². The molecule has 0 aliphatic carbocycles. The molecule has 0 atom stereocenters. The topological polar surface area (TPSA) is 59.1 Å². The van der Waals surface area contributed by atoms with Crippen LogP contribution in [0.3, 0.4) is 0 Å². The molecule has 19 heavy (non-hydrogen) atoms. The molecular weight excluding hydrogens is 304 g/mol. The van der Waals surface area contributed by atoms with Gasteiger partial charge in [0.2, 0.25) is 0 Å². The summed E-state index contributed by atoms with van der Waals surface area (Å²) in [6.45, 7) is 5.44. The first-order valence-corrected chi connectivity index (χ1v) is 8.20. The first-order valence-electron chi connectivity index (χ1n) is 5.52. The van der Waals surface area contributed by atoms with E-state index < -0.39 is 10.0 Å². The molecule has 1 N–H and O–H groups in total. The lowest BCUT2D eigenvalue weighted by Crippen LogP contribution is -2.13. The van der Waals surface area contributed by atoms with E-state index in [0.717, 1.165) is 22.5 Å². The summed E-state index contributed by atoms with van der Waals surface area (Å²) in [7, 11) is -3.64. The molecule has 2 aromatic rings. The molecule has 0 amide bonds. The van der Waals surface area contributed by atoms with Gasteiger partial charge in [-0.3, -0.25) is 4.72 Å². The van der Waals surface area contributed by atoms with Crippen molar-refractivity contribution in [3.8, 4) is 0 Å². The van der Waals surface area contributed by atoms with Crippen LogP contribution in [0.2, 0.25) is 4.47 Å². The second-order valence-corrected chi connectivity index (χ2v) is 7.72. The van der Waals surface area contributed by atoms with Gasteiger partial charge in [-0.2, -0.15) is 0 Å². The van der Waals surface area contributed by atoms with E-state index >= 15 is 0 Å². The molecule has 0 radical (unpaired) electrons. The molecule has 4 nitrogen and oxygen atoms in total. The van der Waals surface area contributed by atoms with E-state index in [1.807, 2.05) is 26.0 Å². The molecule has 0 bridgehead atoms. The number of hydrogen-bond donors (Lipinski definition) is 1. The second-order valence-electron chi connectivity index (χ2n) is 4.26. The van der Waals surface area contributed by atoms with E-state index in [-0.39, 0.29) is 8.68 Å². The molecule has 0 spiro atoms. The Labute approximate surface area is 121 Å². The van der Waals surface area contributed by atoms with Crippen LogP contribution in [0, 0.1) is 20.8 Å². The van der Waals surface area contributed by atoms with Crippen LogP contribution < -0.4 is 4.72 Å². The van der Waals surface area contributed by atoms with Gasteiger partial charge in [-0.05, 0) is 32.4 Å². The quantitative estimate of drug-likeness (QED) is 0.942. The number of nitrogens with zero attached hydrogens (tertiary/aromatic N) is 1. The number of anilines is 1. The highest BCUT2D eigenvalue weighted by Gasteiger charge is 2.22. The van der Waals surface area contributed by atoms with Crippen LogP contribution in [0.25, 0.3) is 0 Å². The minimum Gasteiger partial charge on any atom is -0.279 e. The number of aryl methyl sites for hydroxylation is 3. The van der Waals surface area contributed by atoms with Crippen molar-refractivity contribution >= 4 is 38.6 Å². The first kappa shape index (κ1) is 14.3. The highest BCUT2D eigenvalue weighted by atomic mass is 35.5. The summed E-state index contributed by atoms with van der Waals surface area (Å²) in [5, 5.41) is 0. The third kappa shape index (κ3) is 3.08. The first-order chi connectivity index (χ1) is 8.79. The van der Waals surface area contributed by atoms with E-state index in [2.05, 4.69) is 9.71 Å². The lowest BCUT2D eigenvalue weighted by molar-refractivity contribution is 0.602. The number of benzene rings is 1. The fourth-order valence-corrected chi connectivity index (χ4v) is 4.59. The zero-order valence-corrected chi connectivity index (χ0v) is 13.1. The van der Waals surface area contributed by atoms with E-state index in [9.17, 15) is 8.42 Å². The highest BCUT2D eigenvalue weighted by molar-refractivity contribution is 7.94. The van der Waals surface area contributed by atoms with Crippen molar-refractivity contribution in [3.63, 3.8) is 0 Å². The monoisotopic (exact) mass is 316 g/mol. The Hall–Kier alpha value is -1.11. The average Bonchev–Trinajstić information content (AvgIpc) is 2.63. The molecule has 0 unspecified atom stereocenters. The molecule has 1 aromatic heterocycles. The van der Waals surface area contributed by atoms with Crippen LogP contribution in [0.4, 0.5) is 5.69 Å². The third-order valence-electron chi connectivity index (χ3n) is 2.60. The standard InChI is InChI=1S/C12H13ClN2O2S2/c1-7-4-5-10(8(2)6-7)15-19(16,17)11-9(3)14-12(13)18-11/h4-6,15H,1-3H3. The SMILES string of the molecule is Cc1ccc(NS(=O)(=O)c2sc(Cl)nc2C)c(C)c1. The van der Waals surface area contributed by atoms with Gasteiger partial charge >= 0.3 is 0 Å². The predicted molar refractivity (Wildman–Crippen MR) is 78.6 cm³/mol. The van der Waals surface area contributed by atoms with Crippen molar-refractivity contribution in [2.75, 3.05) is 4.72 Å². The van der Waals surface area contributed by atoms with Crippen LogP contribution in [0.5, 0.6) is 0 Å². The fourth-order valence-electron chi connectivity index (χ4n) is 1.72. The number of thiazole rings is 1. The maximum absolute atomic E-state index is 12.3. The Balaban J connectivity index is 2.39. The lowest BCUT2D eigenvalue weighted by Gasteiger charge is -2.10. The van der Waals surface area contributed by atoms with Gasteiger partial charge in [0.05, 0.1) is 11.4 Å². The number of aromatic nitrogens is 1. The number of halogens is 1. The number of hydrogen-bond acceptors (Lipinski definition) is 4. The molecule has 1 aromatic carbocycles. The zero-order chi connectivity index (χ0) is 14.2. The van der Waals surface area contributed by atoms with Crippen molar-refractivity contribution in [1.29, 1.82) is 0 Å². The number of nitrogens with one attached hydrogen (secondary N) is 1. The van der Waals surface area contributed by atoms with Crippen LogP contribution in [-0.2, 0) is 10.0 Å². The molecule has 102 valence electrons. The van der Waals surface area contributed by atoms with Crippen molar-refractivity contribution in [1.82, 2.24) is 4.98 Å². The Morgan fingerprint density at radius 3 is 2.47 bits per heavy atom. The summed E-state index contributed by atoms with van der Waals surface area (Å²) in [6.07, 6.45) is 0. The van der Waals surface area contributed by atoms with Crippen LogP contribution in [0.1, 0.15) is 16.8 Å². The summed E-state index contributed by atoms with van der Waals surface area (Å²) < 4.78 is 27.5. The molecule has 0 saturated heterocycles. The average molecular weight is 317 g/mol. The molecule has 0 fully saturated rings. The lowest BCUT2D eigenvalue weighted by atomic mass is 10.1. The van der Waals surface area contributed by atoms with Gasteiger partial charge in [0.1, 0.15) is 0 Å². The Morgan fingerprint density at radius 2 is 1.95 bits per heavy atom. The van der Waals surface area contributed by atoms with Gasteiger partial charge in [0.25, 0.3) is 10.0 Å². The van der Waals surface area contributed by atoms with Crippen molar-refractivity contribution in [2.24, 2.45) is 0 Å². The summed E-state index contributed by atoms with van der Waals surface area (Å²) in [5.41, 5.74) is 2.93. The summed E-state index contributed by atoms with van der Waals surface area (Å²) >= 11 is 6.70. The molecule has 0 aliphatic heterocycles. The number of rotatable bonds is 3. The molecular formula is C12H13ClN2O2S2. The van der Waals surface area contributed by atoms with E-state index in [1.54, 1.807) is 13.0 Å². The normalized spacial score (nSPS) is 11.6. The summed E-state index contributed by atoms with van der Waals surface area (Å²) in [6, 6.07) is 5.53. The van der Waals surface area contributed by atoms with Gasteiger partial charge in [-0.15, -0.1) is 0 Å². The predicted octanol–water partition coefficient (Wildman–Crippen LogP) is 3.52. The third-order valence-corrected chi connectivity index (χ3v) is 5.84. The molecule has 1 heterocycles. The Kier molecular flexibility index (Phi) is 3.85.